The molecule has 0 aromatic heterocycles. The first-order valence-electron chi connectivity index (χ1n) is 8.82. The van der Waals surface area contributed by atoms with Crippen molar-refractivity contribution in [3.63, 3.8) is 0 Å². The van der Waals surface area contributed by atoms with Crippen molar-refractivity contribution in [2.45, 2.75) is 48.1 Å². The zero-order chi connectivity index (χ0) is 19.5. The van der Waals surface area contributed by atoms with E-state index < -0.39 is 0 Å². The molecule has 0 saturated heterocycles. The van der Waals surface area contributed by atoms with Crippen molar-refractivity contribution >= 4 is 11.5 Å². The molecule has 4 heteroatoms. The van der Waals surface area contributed by atoms with Gasteiger partial charge in [-0.05, 0) is 46.3 Å². The molecule has 0 fully saturated rings. The first-order chi connectivity index (χ1) is 12.0. The van der Waals surface area contributed by atoms with Crippen molar-refractivity contribution in [1.82, 2.24) is 0 Å². The van der Waals surface area contributed by atoms with E-state index in [1.807, 2.05) is 78.0 Å². The summed E-state index contributed by atoms with van der Waals surface area (Å²) in [5, 5.41) is 17.4. The van der Waals surface area contributed by atoms with Gasteiger partial charge in [0.15, 0.2) is 5.78 Å². The number of aliphatic hydroxyl groups excluding tert-OH is 1. The Morgan fingerprint density at radius 1 is 0.923 bits per heavy atom. The molecule has 1 aliphatic rings. The molecule has 1 aromatic carbocycles. The molecule has 0 bridgehead atoms. The van der Waals surface area contributed by atoms with Crippen LogP contribution in [0.4, 0.5) is 5.69 Å². The van der Waals surface area contributed by atoms with Gasteiger partial charge in [0.25, 0.3) is 0 Å². The predicted octanol–water partition coefficient (Wildman–Crippen LogP) is 5.67. The SMILES string of the molecule is CC(C)(C)C1=CC(=CN=Nc2ccc(CO)cc2)C=C(C(C)(C)C)C1=O. The van der Waals surface area contributed by atoms with Gasteiger partial charge in [0.1, 0.15) is 0 Å². The molecule has 0 radical (unpaired) electrons. The van der Waals surface area contributed by atoms with E-state index in [0.717, 1.165) is 22.3 Å². The zero-order valence-corrected chi connectivity index (χ0v) is 16.5. The molecule has 0 unspecified atom stereocenters. The number of ketones is 1. The summed E-state index contributed by atoms with van der Waals surface area (Å²) in [7, 11) is 0. The third-order valence-electron chi connectivity index (χ3n) is 4.23. The molecule has 1 N–H and O–H groups in total. The number of nitrogens with zero attached hydrogens (tertiary/aromatic N) is 2. The number of carbonyl (C=O) groups excluding carboxylic acids is 1. The first kappa shape index (κ1) is 20.0. The molecule has 2 rings (SSSR count). The van der Waals surface area contributed by atoms with Crippen molar-refractivity contribution in [3.05, 3.63) is 64.9 Å². The summed E-state index contributed by atoms with van der Waals surface area (Å²) in [6.07, 6.45) is 5.50. The summed E-state index contributed by atoms with van der Waals surface area (Å²) in [4.78, 5) is 12.9. The molecule has 0 aliphatic heterocycles. The van der Waals surface area contributed by atoms with Crippen LogP contribution < -0.4 is 0 Å². The van der Waals surface area contributed by atoms with E-state index in [9.17, 15) is 4.79 Å². The van der Waals surface area contributed by atoms with Gasteiger partial charge in [-0.25, -0.2) is 0 Å². The highest BCUT2D eigenvalue weighted by atomic mass is 16.3. The average molecular weight is 352 g/mol. The third kappa shape index (κ3) is 4.85. The number of benzene rings is 1. The largest absolute Gasteiger partial charge is 0.392 e. The van der Waals surface area contributed by atoms with Gasteiger partial charge < -0.3 is 5.11 Å². The summed E-state index contributed by atoms with van der Waals surface area (Å²) < 4.78 is 0. The van der Waals surface area contributed by atoms with E-state index in [0.29, 0.717) is 5.69 Å². The Labute approximate surface area is 156 Å². The lowest BCUT2D eigenvalue weighted by Gasteiger charge is -2.31. The number of rotatable bonds is 3. The Morgan fingerprint density at radius 3 is 1.85 bits per heavy atom. The summed E-state index contributed by atoms with van der Waals surface area (Å²) in [5.41, 5.74) is 3.53. The normalized spacial score (nSPS) is 16.0. The molecule has 0 heterocycles. The molecule has 4 nitrogen and oxygen atoms in total. The Kier molecular flexibility index (Phi) is 5.77. The predicted molar refractivity (Wildman–Crippen MR) is 105 cm³/mol. The van der Waals surface area contributed by atoms with Crippen molar-refractivity contribution in [1.29, 1.82) is 0 Å². The Morgan fingerprint density at radius 2 is 1.42 bits per heavy atom. The average Bonchev–Trinajstić information content (AvgIpc) is 2.54. The van der Waals surface area contributed by atoms with Crippen molar-refractivity contribution in [2.24, 2.45) is 21.1 Å². The molecular formula is C22H28N2O2. The molecule has 1 aromatic rings. The van der Waals surface area contributed by atoms with Gasteiger partial charge >= 0.3 is 0 Å². The van der Waals surface area contributed by atoms with E-state index in [-0.39, 0.29) is 23.2 Å². The van der Waals surface area contributed by atoms with Gasteiger partial charge in [0, 0.05) is 11.1 Å². The van der Waals surface area contributed by atoms with Crippen LogP contribution in [0.5, 0.6) is 0 Å². The Bertz CT molecular complexity index is 760. The summed E-state index contributed by atoms with van der Waals surface area (Å²) in [6.45, 7) is 12.3. The van der Waals surface area contributed by atoms with Gasteiger partial charge in [0.2, 0.25) is 0 Å². The van der Waals surface area contributed by atoms with E-state index >= 15 is 0 Å². The maximum absolute atomic E-state index is 12.9. The number of Topliss-reactive ketones (excluding diaryl/α,β-unsaturated/α-hetero) is 1. The van der Waals surface area contributed by atoms with Gasteiger partial charge in [-0.15, -0.1) is 0 Å². The van der Waals surface area contributed by atoms with Gasteiger partial charge in [-0.1, -0.05) is 53.7 Å². The standard InChI is InChI=1S/C22H28N2O2/c1-21(2,3)18-11-16(12-19(20(18)26)22(4,5)6)13-23-24-17-9-7-15(14-25)8-10-17/h7-13,25H,14H2,1-6H3. The Hall–Kier alpha value is -2.33. The van der Waals surface area contributed by atoms with Crippen LogP contribution in [-0.4, -0.2) is 10.9 Å². The minimum atomic E-state index is -0.238. The minimum Gasteiger partial charge on any atom is -0.392 e. The summed E-state index contributed by atoms with van der Waals surface area (Å²) in [6, 6.07) is 7.25. The number of aliphatic hydroxyl groups is 1. The molecule has 26 heavy (non-hydrogen) atoms. The van der Waals surface area contributed by atoms with Crippen LogP contribution in [0.25, 0.3) is 0 Å². The van der Waals surface area contributed by atoms with Crippen LogP contribution in [0.2, 0.25) is 0 Å². The molecule has 0 saturated carbocycles. The zero-order valence-electron chi connectivity index (χ0n) is 16.5. The van der Waals surface area contributed by atoms with Crippen LogP contribution in [0, 0.1) is 10.8 Å². The topological polar surface area (TPSA) is 62.0 Å². The second-order valence-corrected chi connectivity index (χ2v) is 8.61. The number of allylic oxidation sites excluding steroid dienone is 5. The maximum atomic E-state index is 12.9. The number of carbonyl (C=O) groups is 1. The van der Waals surface area contributed by atoms with E-state index in [1.54, 1.807) is 6.20 Å². The highest BCUT2D eigenvalue weighted by Gasteiger charge is 2.33. The van der Waals surface area contributed by atoms with E-state index in [2.05, 4.69) is 10.2 Å². The van der Waals surface area contributed by atoms with E-state index in [1.165, 1.54) is 0 Å². The van der Waals surface area contributed by atoms with Crippen LogP contribution in [0.1, 0.15) is 47.1 Å². The van der Waals surface area contributed by atoms with Crippen LogP contribution in [0.3, 0.4) is 0 Å². The second kappa shape index (κ2) is 7.50. The first-order valence-corrected chi connectivity index (χ1v) is 8.82. The summed E-state index contributed by atoms with van der Waals surface area (Å²) >= 11 is 0. The lowest BCUT2D eigenvalue weighted by Crippen LogP contribution is -2.27. The molecule has 0 amide bonds. The molecule has 0 spiro atoms. The highest BCUT2D eigenvalue weighted by Crippen LogP contribution is 2.38. The van der Waals surface area contributed by atoms with Crippen LogP contribution in [0.15, 0.2) is 69.6 Å². The fourth-order valence-corrected chi connectivity index (χ4v) is 2.67. The van der Waals surface area contributed by atoms with Crippen molar-refractivity contribution in [3.8, 4) is 0 Å². The molecular weight excluding hydrogens is 324 g/mol. The van der Waals surface area contributed by atoms with Gasteiger partial charge in [-0.3, -0.25) is 4.79 Å². The lowest BCUT2D eigenvalue weighted by molar-refractivity contribution is -0.114. The number of hydrogen-bond acceptors (Lipinski definition) is 4. The monoisotopic (exact) mass is 352 g/mol. The van der Waals surface area contributed by atoms with Crippen LogP contribution in [-0.2, 0) is 11.4 Å². The van der Waals surface area contributed by atoms with Gasteiger partial charge in [-0.2, -0.15) is 10.2 Å². The van der Waals surface area contributed by atoms with Crippen molar-refractivity contribution < 1.29 is 9.90 Å². The smallest absolute Gasteiger partial charge is 0.186 e. The van der Waals surface area contributed by atoms with Gasteiger partial charge in [0.05, 0.1) is 18.5 Å². The molecule has 138 valence electrons. The Balaban J connectivity index is 2.36. The molecule has 1 aliphatic carbocycles. The number of hydrogen-bond donors (Lipinski definition) is 1. The third-order valence-corrected chi connectivity index (χ3v) is 4.23. The van der Waals surface area contributed by atoms with Crippen LogP contribution >= 0.6 is 0 Å². The quantitative estimate of drug-likeness (QED) is 0.712. The highest BCUT2D eigenvalue weighted by molar-refractivity contribution is 6.11. The number of azo groups is 1. The second-order valence-electron chi connectivity index (χ2n) is 8.61. The maximum Gasteiger partial charge on any atom is 0.186 e. The molecule has 0 atom stereocenters. The van der Waals surface area contributed by atoms with E-state index in [4.69, 9.17) is 5.11 Å². The summed E-state index contributed by atoms with van der Waals surface area (Å²) in [5.74, 6) is 0.110. The fourth-order valence-electron chi connectivity index (χ4n) is 2.67. The lowest BCUT2D eigenvalue weighted by atomic mass is 9.72. The van der Waals surface area contributed by atoms with Crippen molar-refractivity contribution in [2.75, 3.05) is 0 Å². The fraction of sp³-hybridized carbons (Fsp3) is 0.409. The minimum absolute atomic E-state index is 0.0102.